The number of aromatic nitrogens is 1. The summed E-state index contributed by atoms with van der Waals surface area (Å²) in [6, 6.07) is 3.09. The Bertz CT molecular complexity index is 327. The number of carbonyl (C=O) groups is 2. The predicted molar refractivity (Wildman–Crippen MR) is 55.0 cm³/mol. The molecule has 0 spiro atoms. The van der Waals surface area contributed by atoms with Gasteiger partial charge in [-0.3, -0.25) is 9.78 Å². The number of amides is 1. The second-order valence-corrected chi connectivity index (χ2v) is 3.08. The number of hydrogen-bond acceptors (Lipinski definition) is 4. The van der Waals surface area contributed by atoms with Crippen LogP contribution in [0.25, 0.3) is 0 Å². The maximum Gasteiger partial charge on any atom is 0.234 e. The van der Waals surface area contributed by atoms with Crippen molar-refractivity contribution in [2.24, 2.45) is 5.73 Å². The maximum atomic E-state index is 11.0. The molecule has 1 heterocycles. The van der Waals surface area contributed by atoms with E-state index in [1.165, 1.54) is 0 Å². The maximum absolute atomic E-state index is 11.0. The van der Waals surface area contributed by atoms with Gasteiger partial charge >= 0.3 is 0 Å². The van der Waals surface area contributed by atoms with Gasteiger partial charge in [0.15, 0.2) is 0 Å². The van der Waals surface area contributed by atoms with Crippen LogP contribution in [0.2, 0.25) is 0 Å². The van der Waals surface area contributed by atoms with Crippen LogP contribution in [0.15, 0.2) is 24.5 Å². The number of rotatable bonds is 5. The van der Waals surface area contributed by atoms with E-state index in [0.717, 1.165) is 5.56 Å². The molecule has 0 aromatic carbocycles. The highest BCUT2D eigenvalue weighted by atomic mass is 16.2. The smallest absolute Gasteiger partial charge is 0.234 e. The van der Waals surface area contributed by atoms with Crippen LogP contribution in [0.5, 0.6) is 0 Å². The Morgan fingerprint density at radius 3 is 3.00 bits per heavy atom. The first kappa shape index (κ1) is 11.3. The Kier molecular flexibility index (Phi) is 4.43. The molecule has 0 fully saturated rings. The highest BCUT2D eigenvalue weighted by Crippen LogP contribution is 1.99. The monoisotopic (exact) mass is 207 g/mol. The summed E-state index contributed by atoms with van der Waals surface area (Å²) in [6.45, 7) is -0.114. The molecule has 0 aliphatic carbocycles. The lowest BCUT2D eigenvalue weighted by atomic mass is 10.1. The topological polar surface area (TPSA) is 85.1 Å². The second-order valence-electron chi connectivity index (χ2n) is 3.08. The van der Waals surface area contributed by atoms with Crippen molar-refractivity contribution in [3.05, 3.63) is 30.1 Å². The SMILES string of the molecule is NCC(=O)N[C@H](C=O)Cc1cccnc1. The number of nitrogens with one attached hydrogen (secondary N) is 1. The molecular weight excluding hydrogens is 194 g/mol. The second kappa shape index (κ2) is 5.87. The zero-order valence-corrected chi connectivity index (χ0v) is 8.22. The van der Waals surface area contributed by atoms with Crippen molar-refractivity contribution in [1.29, 1.82) is 0 Å². The van der Waals surface area contributed by atoms with Gasteiger partial charge in [0.05, 0.1) is 12.6 Å². The molecule has 1 aromatic heterocycles. The fraction of sp³-hybridized carbons (Fsp3) is 0.300. The molecule has 0 aliphatic rings. The molecule has 0 radical (unpaired) electrons. The van der Waals surface area contributed by atoms with Gasteiger partial charge in [-0.2, -0.15) is 0 Å². The third-order valence-electron chi connectivity index (χ3n) is 1.87. The third kappa shape index (κ3) is 3.86. The summed E-state index contributed by atoms with van der Waals surface area (Å²) >= 11 is 0. The summed E-state index contributed by atoms with van der Waals surface area (Å²) in [5.74, 6) is -0.337. The normalized spacial score (nSPS) is 11.8. The van der Waals surface area contributed by atoms with E-state index in [0.29, 0.717) is 12.7 Å². The zero-order valence-electron chi connectivity index (χ0n) is 8.22. The Labute approximate surface area is 87.7 Å². The third-order valence-corrected chi connectivity index (χ3v) is 1.87. The van der Waals surface area contributed by atoms with Crippen LogP contribution in [0.3, 0.4) is 0 Å². The van der Waals surface area contributed by atoms with Crippen molar-refractivity contribution in [1.82, 2.24) is 10.3 Å². The van der Waals surface area contributed by atoms with Gasteiger partial charge in [-0.05, 0) is 11.6 Å². The number of hydrogen-bond donors (Lipinski definition) is 2. The molecule has 3 N–H and O–H groups in total. The van der Waals surface area contributed by atoms with E-state index in [-0.39, 0.29) is 12.5 Å². The van der Waals surface area contributed by atoms with Crippen LogP contribution in [0, 0.1) is 0 Å². The van der Waals surface area contributed by atoms with Crippen molar-refractivity contribution < 1.29 is 9.59 Å². The highest BCUT2D eigenvalue weighted by Gasteiger charge is 2.10. The number of nitrogens with zero attached hydrogens (tertiary/aromatic N) is 1. The van der Waals surface area contributed by atoms with Crippen LogP contribution in [-0.2, 0) is 16.0 Å². The number of pyridine rings is 1. The van der Waals surface area contributed by atoms with Crippen LogP contribution >= 0.6 is 0 Å². The first-order valence-electron chi connectivity index (χ1n) is 4.60. The van der Waals surface area contributed by atoms with Crippen LogP contribution in [0.1, 0.15) is 5.56 Å². The molecular formula is C10H13N3O2. The van der Waals surface area contributed by atoms with Crippen LogP contribution < -0.4 is 11.1 Å². The lowest BCUT2D eigenvalue weighted by molar-refractivity contribution is -0.122. The van der Waals surface area contributed by atoms with Gasteiger partial charge in [-0.15, -0.1) is 0 Å². The first-order valence-corrected chi connectivity index (χ1v) is 4.60. The van der Waals surface area contributed by atoms with Gasteiger partial charge in [0.1, 0.15) is 6.29 Å². The molecule has 1 atom stereocenters. The molecule has 0 unspecified atom stereocenters. The Balaban J connectivity index is 2.54. The van der Waals surface area contributed by atoms with Gasteiger partial charge in [0.2, 0.25) is 5.91 Å². The number of aldehydes is 1. The molecule has 15 heavy (non-hydrogen) atoms. The van der Waals surface area contributed by atoms with E-state index >= 15 is 0 Å². The molecule has 1 amide bonds. The predicted octanol–water partition coefficient (Wildman–Crippen LogP) is -0.733. The molecule has 5 nitrogen and oxygen atoms in total. The first-order chi connectivity index (χ1) is 7.26. The van der Waals surface area contributed by atoms with Gasteiger partial charge in [0, 0.05) is 18.8 Å². The molecule has 0 saturated heterocycles. The van der Waals surface area contributed by atoms with Gasteiger partial charge < -0.3 is 15.8 Å². The Morgan fingerprint density at radius 2 is 2.47 bits per heavy atom. The highest BCUT2D eigenvalue weighted by molar-refractivity contribution is 5.81. The summed E-state index contributed by atoms with van der Waals surface area (Å²) in [6.07, 6.45) is 4.44. The van der Waals surface area contributed by atoms with Gasteiger partial charge in [0.25, 0.3) is 0 Å². The van der Waals surface area contributed by atoms with Crippen LogP contribution in [-0.4, -0.2) is 29.8 Å². The molecule has 5 heteroatoms. The molecule has 0 saturated carbocycles. The molecule has 80 valence electrons. The Hall–Kier alpha value is -1.75. The van der Waals surface area contributed by atoms with E-state index in [1.807, 2.05) is 6.07 Å². The largest absolute Gasteiger partial charge is 0.345 e. The Morgan fingerprint density at radius 1 is 1.67 bits per heavy atom. The minimum absolute atomic E-state index is 0.114. The number of carbonyl (C=O) groups excluding carboxylic acids is 2. The summed E-state index contributed by atoms with van der Waals surface area (Å²) in [5.41, 5.74) is 6.02. The van der Waals surface area contributed by atoms with E-state index in [2.05, 4.69) is 10.3 Å². The number of nitrogens with two attached hydrogens (primary N) is 1. The standard InChI is InChI=1S/C10H13N3O2/c11-5-10(15)13-9(7-14)4-8-2-1-3-12-6-8/h1-3,6-7,9H,4-5,11H2,(H,13,15)/t9-/m0/s1. The minimum Gasteiger partial charge on any atom is -0.345 e. The van der Waals surface area contributed by atoms with Crippen molar-refractivity contribution in [3.8, 4) is 0 Å². The molecule has 0 aliphatic heterocycles. The van der Waals surface area contributed by atoms with E-state index < -0.39 is 6.04 Å². The lowest BCUT2D eigenvalue weighted by Crippen LogP contribution is -2.40. The van der Waals surface area contributed by atoms with Gasteiger partial charge in [-0.1, -0.05) is 6.07 Å². The fourth-order valence-electron chi connectivity index (χ4n) is 1.17. The average Bonchev–Trinajstić information content (AvgIpc) is 2.29. The van der Waals surface area contributed by atoms with Crippen molar-refractivity contribution in [3.63, 3.8) is 0 Å². The van der Waals surface area contributed by atoms with E-state index in [9.17, 15) is 9.59 Å². The lowest BCUT2D eigenvalue weighted by Gasteiger charge is -2.11. The summed E-state index contributed by atoms with van der Waals surface area (Å²) in [5, 5.41) is 2.51. The van der Waals surface area contributed by atoms with Gasteiger partial charge in [-0.25, -0.2) is 0 Å². The molecule has 0 bridgehead atoms. The molecule has 1 aromatic rings. The summed E-state index contributed by atoms with van der Waals surface area (Å²) < 4.78 is 0. The molecule has 1 rings (SSSR count). The quantitative estimate of drug-likeness (QED) is 0.623. The van der Waals surface area contributed by atoms with Crippen molar-refractivity contribution in [2.75, 3.05) is 6.54 Å². The summed E-state index contributed by atoms with van der Waals surface area (Å²) in [4.78, 5) is 25.6. The van der Waals surface area contributed by atoms with Crippen molar-refractivity contribution in [2.45, 2.75) is 12.5 Å². The summed E-state index contributed by atoms with van der Waals surface area (Å²) in [7, 11) is 0. The minimum atomic E-state index is -0.537. The van der Waals surface area contributed by atoms with E-state index in [1.54, 1.807) is 18.5 Å². The van der Waals surface area contributed by atoms with Crippen molar-refractivity contribution >= 4 is 12.2 Å². The average molecular weight is 207 g/mol. The zero-order chi connectivity index (χ0) is 11.1. The van der Waals surface area contributed by atoms with Crippen LogP contribution in [0.4, 0.5) is 0 Å². The van der Waals surface area contributed by atoms with E-state index in [4.69, 9.17) is 5.73 Å². The fourth-order valence-corrected chi connectivity index (χ4v) is 1.17.